The maximum Gasteiger partial charge on any atom is 0.151 e. The molecular formula is C47H58N6O2S. The third-order valence-electron chi connectivity index (χ3n) is 11.9. The standard InChI is InChI=1S/C47H58N6O2S/c1-6-19-47(20-15-36(28-47)31-53-21-16-39-26-38(13-14-40(39)32-53)37(8-3)10-9-22-54)46-52-51-45(56-46)42-30-49-43(27-44(42)50-41-17-23-55-24-18-41)34(5)12-11-33(4)25-35(7-2)29-48/h2,8,11-14,22,25-27,29-30,36-37,41,48H,3,6,9-10,15-21,23-24,28,31-32H2,1,4-5H3,(H,49,50)/b33-11+,34-12+,35-25-,48-29?. The van der Waals surface area contributed by atoms with Gasteiger partial charge >= 0.3 is 0 Å². The number of rotatable bonds is 17. The van der Waals surface area contributed by atoms with Crippen LogP contribution in [0, 0.1) is 23.7 Å². The average Bonchev–Trinajstić information content (AvgIpc) is 3.88. The zero-order valence-electron chi connectivity index (χ0n) is 33.5. The lowest BCUT2D eigenvalue weighted by Crippen LogP contribution is -2.34. The Kier molecular flexibility index (Phi) is 14.4. The molecule has 2 N–H and O–H groups in total. The fraction of sp³-hybridized carbons (Fsp3) is 0.468. The predicted octanol–water partition coefficient (Wildman–Crippen LogP) is 9.89. The number of pyridine rings is 1. The monoisotopic (exact) mass is 770 g/mol. The fourth-order valence-electron chi connectivity index (χ4n) is 8.78. The van der Waals surface area contributed by atoms with Gasteiger partial charge in [0.2, 0.25) is 0 Å². The summed E-state index contributed by atoms with van der Waals surface area (Å²) in [4.78, 5) is 18.6. The molecule has 1 saturated carbocycles. The van der Waals surface area contributed by atoms with Gasteiger partial charge in [-0.3, -0.25) is 9.88 Å². The third-order valence-corrected chi connectivity index (χ3v) is 13.1. The Morgan fingerprint density at radius 3 is 2.79 bits per heavy atom. The van der Waals surface area contributed by atoms with E-state index in [1.54, 1.807) is 11.3 Å². The van der Waals surface area contributed by atoms with Crippen LogP contribution in [-0.2, 0) is 27.9 Å². The van der Waals surface area contributed by atoms with E-state index in [-0.39, 0.29) is 11.3 Å². The maximum atomic E-state index is 11.0. The van der Waals surface area contributed by atoms with E-state index in [0.717, 1.165) is 124 Å². The number of nitrogens with zero attached hydrogens (tertiary/aromatic N) is 4. The molecule has 2 fully saturated rings. The molecule has 1 aromatic carbocycles. The lowest BCUT2D eigenvalue weighted by molar-refractivity contribution is -0.107. The first-order valence-corrected chi connectivity index (χ1v) is 21.2. The van der Waals surface area contributed by atoms with Gasteiger partial charge in [-0.15, -0.1) is 23.2 Å². The highest BCUT2D eigenvalue weighted by atomic mass is 32.1. The number of carbonyl (C=O) groups excluding carboxylic acids is 1. The molecule has 3 aromatic rings. The summed E-state index contributed by atoms with van der Waals surface area (Å²) in [5.74, 6) is 3.39. The first-order chi connectivity index (χ1) is 27.3. The van der Waals surface area contributed by atoms with E-state index in [0.29, 0.717) is 24.0 Å². The average molecular weight is 771 g/mol. The van der Waals surface area contributed by atoms with Crippen LogP contribution >= 0.6 is 11.3 Å². The summed E-state index contributed by atoms with van der Waals surface area (Å²) < 4.78 is 5.67. The van der Waals surface area contributed by atoms with Crippen molar-refractivity contribution in [3.63, 3.8) is 0 Å². The molecule has 56 heavy (non-hydrogen) atoms. The van der Waals surface area contributed by atoms with Gasteiger partial charge in [0.25, 0.3) is 0 Å². The van der Waals surface area contributed by atoms with Crippen LogP contribution in [0.1, 0.15) is 112 Å². The second-order valence-electron chi connectivity index (χ2n) is 15.9. The summed E-state index contributed by atoms with van der Waals surface area (Å²) in [6.45, 7) is 15.1. The van der Waals surface area contributed by atoms with Gasteiger partial charge in [0, 0.05) is 80.3 Å². The van der Waals surface area contributed by atoms with Gasteiger partial charge in [-0.2, -0.15) is 0 Å². The van der Waals surface area contributed by atoms with Crippen LogP contribution in [0.4, 0.5) is 5.69 Å². The molecule has 0 spiro atoms. The van der Waals surface area contributed by atoms with E-state index in [9.17, 15) is 4.79 Å². The van der Waals surface area contributed by atoms with Crippen molar-refractivity contribution in [3.05, 3.63) is 99.9 Å². The van der Waals surface area contributed by atoms with Gasteiger partial charge in [-0.1, -0.05) is 67.0 Å². The molecule has 9 heteroatoms. The van der Waals surface area contributed by atoms with Gasteiger partial charge < -0.3 is 20.3 Å². The number of ether oxygens (including phenoxy) is 1. The number of nitrogens with one attached hydrogen (secondary N) is 2. The van der Waals surface area contributed by atoms with Crippen LogP contribution in [0.15, 0.2) is 72.5 Å². The Hall–Kier alpha value is -4.49. The van der Waals surface area contributed by atoms with Crippen LogP contribution in [0.2, 0.25) is 0 Å². The van der Waals surface area contributed by atoms with Crippen molar-refractivity contribution in [2.75, 3.05) is 31.6 Å². The molecule has 0 radical (unpaired) electrons. The minimum atomic E-state index is 0.0514. The molecule has 2 aliphatic heterocycles. The highest BCUT2D eigenvalue weighted by Gasteiger charge is 2.43. The normalized spacial score (nSPS) is 21.6. The van der Waals surface area contributed by atoms with Gasteiger partial charge in [0.05, 0.1) is 11.3 Å². The second kappa shape index (κ2) is 19.6. The maximum absolute atomic E-state index is 11.0. The molecule has 4 heterocycles. The van der Waals surface area contributed by atoms with Crippen molar-refractivity contribution in [1.29, 1.82) is 5.41 Å². The zero-order chi connectivity index (χ0) is 39.5. The summed E-state index contributed by atoms with van der Waals surface area (Å²) >= 11 is 1.75. The number of anilines is 1. The van der Waals surface area contributed by atoms with Crippen LogP contribution in [0.5, 0.6) is 0 Å². The minimum absolute atomic E-state index is 0.0514. The van der Waals surface area contributed by atoms with Crippen molar-refractivity contribution in [2.24, 2.45) is 5.92 Å². The Morgan fingerprint density at radius 2 is 2.04 bits per heavy atom. The van der Waals surface area contributed by atoms with Crippen molar-refractivity contribution in [2.45, 2.75) is 109 Å². The van der Waals surface area contributed by atoms with Crippen LogP contribution in [0.25, 0.3) is 16.1 Å². The van der Waals surface area contributed by atoms with Crippen LogP contribution in [-0.4, -0.2) is 64.9 Å². The number of terminal acetylenes is 1. The van der Waals surface area contributed by atoms with Crippen molar-refractivity contribution < 1.29 is 9.53 Å². The second-order valence-corrected chi connectivity index (χ2v) is 16.9. The van der Waals surface area contributed by atoms with Gasteiger partial charge in [0.15, 0.2) is 5.01 Å². The first kappa shape index (κ1) is 41.2. The van der Waals surface area contributed by atoms with Crippen molar-refractivity contribution in [3.8, 4) is 22.9 Å². The molecule has 2 aromatic heterocycles. The van der Waals surface area contributed by atoms with Gasteiger partial charge in [0.1, 0.15) is 11.3 Å². The smallest absolute Gasteiger partial charge is 0.151 e. The molecule has 1 saturated heterocycles. The highest BCUT2D eigenvalue weighted by Crippen LogP contribution is 2.50. The molecule has 6 rings (SSSR count). The molecule has 3 unspecified atom stereocenters. The molecule has 8 nitrogen and oxygen atoms in total. The first-order valence-electron chi connectivity index (χ1n) is 20.4. The molecule has 294 valence electrons. The highest BCUT2D eigenvalue weighted by molar-refractivity contribution is 7.14. The third kappa shape index (κ3) is 10.1. The number of allylic oxidation sites excluding steroid dienone is 7. The van der Waals surface area contributed by atoms with E-state index in [1.807, 2.05) is 31.3 Å². The molecule has 0 amide bonds. The molecule has 1 aliphatic carbocycles. The van der Waals surface area contributed by atoms with Crippen molar-refractivity contribution >= 4 is 35.1 Å². The summed E-state index contributed by atoms with van der Waals surface area (Å²) in [6.07, 6.45) is 27.7. The number of hydrogen-bond acceptors (Lipinski definition) is 9. The summed E-state index contributed by atoms with van der Waals surface area (Å²) in [5.41, 5.74) is 9.67. The van der Waals surface area contributed by atoms with Crippen LogP contribution < -0.4 is 5.32 Å². The minimum Gasteiger partial charge on any atom is -0.381 e. The number of aromatic nitrogens is 3. The number of benzene rings is 1. The molecule has 3 atom stereocenters. The summed E-state index contributed by atoms with van der Waals surface area (Å²) in [6, 6.07) is 9.38. The quantitative estimate of drug-likeness (QED) is 0.0463. The van der Waals surface area contributed by atoms with E-state index >= 15 is 0 Å². The number of carbonyl (C=O) groups is 1. The number of hydrogen-bond donors (Lipinski definition) is 2. The van der Waals surface area contributed by atoms with E-state index in [2.05, 4.69) is 66.9 Å². The summed E-state index contributed by atoms with van der Waals surface area (Å²) in [5, 5.41) is 23.2. The Morgan fingerprint density at radius 1 is 1.20 bits per heavy atom. The topological polar surface area (TPSA) is 104 Å². The Labute approximate surface area is 338 Å². The van der Waals surface area contributed by atoms with E-state index in [1.165, 1.54) is 34.3 Å². The summed E-state index contributed by atoms with van der Waals surface area (Å²) in [7, 11) is 0. The number of fused-ring (bicyclic) bond motifs is 1. The molecule has 3 aliphatic rings. The Balaban J connectivity index is 1.18. The lowest BCUT2D eigenvalue weighted by atomic mass is 9.81. The van der Waals surface area contributed by atoms with Crippen molar-refractivity contribution in [1.82, 2.24) is 20.1 Å². The van der Waals surface area contributed by atoms with E-state index < -0.39 is 0 Å². The number of aldehydes is 1. The predicted molar refractivity (Wildman–Crippen MR) is 231 cm³/mol. The van der Waals surface area contributed by atoms with Gasteiger partial charge in [-0.05, 0) is 111 Å². The molecule has 0 bridgehead atoms. The fourth-order valence-corrected chi connectivity index (χ4v) is 9.90. The molecular weight excluding hydrogens is 713 g/mol. The zero-order valence-corrected chi connectivity index (χ0v) is 34.3. The lowest BCUT2D eigenvalue weighted by Gasteiger charge is -2.32. The van der Waals surface area contributed by atoms with Gasteiger partial charge in [-0.25, -0.2) is 0 Å². The Bertz CT molecular complexity index is 2000. The largest absolute Gasteiger partial charge is 0.381 e. The SMILES string of the molecule is C#C/C(C=N)=C/C(C)=C/C=C(\C)c1cc(NC2CCOCC2)c(-c2nnc(C3(CCC)CCC(CN4CCc5cc(C(C=C)CCC=O)ccc5C4)C3)s2)cn1. The van der Waals surface area contributed by atoms with E-state index in [4.69, 9.17) is 31.8 Å². The van der Waals surface area contributed by atoms with Crippen LogP contribution in [0.3, 0.4) is 0 Å².